The summed E-state index contributed by atoms with van der Waals surface area (Å²) in [6.07, 6.45) is 8.62. The lowest BCUT2D eigenvalue weighted by molar-refractivity contribution is -0.143. The van der Waals surface area contributed by atoms with E-state index in [-0.39, 0.29) is 5.92 Å². The van der Waals surface area contributed by atoms with E-state index in [0.29, 0.717) is 11.9 Å². The van der Waals surface area contributed by atoms with E-state index in [1.54, 1.807) is 4.88 Å². The largest absolute Gasteiger partial charge is 0.339 e. The van der Waals surface area contributed by atoms with Crippen LogP contribution >= 0.6 is 11.3 Å². The Kier molecular flexibility index (Phi) is 3.59. The zero-order chi connectivity index (χ0) is 14.2. The minimum atomic E-state index is 0.251. The molecule has 4 heteroatoms. The van der Waals surface area contributed by atoms with E-state index in [0.717, 1.165) is 45.4 Å². The van der Waals surface area contributed by atoms with Crippen LogP contribution in [0.15, 0.2) is 23.6 Å². The highest BCUT2D eigenvalue weighted by atomic mass is 32.1. The number of nitrogens with zero attached hydrogens (tertiary/aromatic N) is 2. The maximum Gasteiger partial charge on any atom is 0.226 e. The molecule has 0 aromatic carbocycles. The third-order valence-electron chi connectivity index (χ3n) is 5.15. The lowest BCUT2D eigenvalue weighted by Gasteiger charge is -2.47. The summed E-state index contributed by atoms with van der Waals surface area (Å²) in [6.45, 7) is 4.13. The lowest BCUT2D eigenvalue weighted by atomic mass is 9.91. The van der Waals surface area contributed by atoms with Crippen LogP contribution in [0.4, 0.5) is 0 Å². The first-order valence-electron chi connectivity index (χ1n) is 8.04. The Morgan fingerprint density at radius 2 is 2.19 bits per heavy atom. The molecule has 0 bridgehead atoms. The first-order valence-corrected chi connectivity index (χ1v) is 8.92. The minimum Gasteiger partial charge on any atom is -0.339 e. The van der Waals surface area contributed by atoms with Crippen molar-refractivity contribution >= 4 is 17.2 Å². The fraction of sp³-hybridized carbons (Fsp3) is 0.588. The van der Waals surface area contributed by atoms with Gasteiger partial charge in [-0.3, -0.25) is 9.69 Å². The molecule has 3 aliphatic rings. The zero-order valence-electron chi connectivity index (χ0n) is 12.3. The van der Waals surface area contributed by atoms with Gasteiger partial charge in [0.1, 0.15) is 0 Å². The van der Waals surface area contributed by atoms with Crippen LogP contribution in [0.3, 0.4) is 0 Å². The van der Waals surface area contributed by atoms with Gasteiger partial charge in [-0.1, -0.05) is 12.2 Å². The maximum atomic E-state index is 12.4. The molecule has 21 heavy (non-hydrogen) atoms. The number of likely N-dealkylation sites (tertiary alicyclic amines) is 1. The Morgan fingerprint density at radius 1 is 1.29 bits per heavy atom. The number of carbonyl (C=O) groups is 1. The third kappa shape index (κ3) is 2.55. The van der Waals surface area contributed by atoms with Gasteiger partial charge in [-0.15, -0.1) is 11.3 Å². The van der Waals surface area contributed by atoms with Crippen LogP contribution in [0.2, 0.25) is 0 Å². The van der Waals surface area contributed by atoms with Crippen LogP contribution in [0, 0.1) is 5.92 Å². The van der Waals surface area contributed by atoms with Crippen molar-refractivity contribution in [2.45, 2.75) is 38.3 Å². The summed E-state index contributed by atoms with van der Waals surface area (Å²) in [5.74, 6) is 0.643. The minimum absolute atomic E-state index is 0.251. The molecule has 1 amide bonds. The number of amides is 1. The van der Waals surface area contributed by atoms with E-state index in [2.05, 4.69) is 33.4 Å². The lowest BCUT2D eigenvalue weighted by Crippen LogP contribution is -2.62. The number of hydrogen-bond donors (Lipinski definition) is 0. The van der Waals surface area contributed by atoms with Gasteiger partial charge in [-0.25, -0.2) is 0 Å². The molecule has 1 aromatic heterocycles. The molecule has 1 atom stereocenters. The standard InChI is InChI=1S/C17H22N2OS/c20-17(13-4-2-1-3-5-13)19-11-15(12-19)18-8-6-16-14(10-18)7-9-21-16/h1-2,7,9,13,15H,3-6,8,10-12H2. The second kappa shape index (κ2) is 5.58. The van der Waals surface area contributed by atoms with Crippen molar-refractivity contribution in [1.82, 2.24) is 9.80 Å². The Morgan fingerprint density at radius 3 is 3.00 bits per heavy atom. The first kappa shape index (κ1) is 13.5. The van der Waals surface area contributed by atoms with E-state index in [4.69, 9.17) is 0 Å². The summed E-state index contributed by atoms with van der Waals surface area (Å²) in [5.41, 5.74) is 1.51. The van der Waals surface area contributed by atoms with Crippen LogP contribution in [-0.4, -0.2) is 41.4 Å². The summed E-state index contributed by atoms with van der Waals surface area (Å²) >= 11 is 1.89. The van der Waals surface area contributed by atoms with Crippen molar-refractivity contribution in [3.63, 3.8) is 0 Å². The van der Waals surface area contributed by atoms with Crippen LogP contribution in [0.5, 0.6) is 0 Å². The quantitative estimate of drug-likeness (QED) is 0.784. The zero-order valence-corrected chi connectivity index (χ0v) is 13.1. The van der Waals surface area contributed by atoms with Crippen LogP contribution in [0.25, 0.3) is 0 Å². The normalized spacial score (nSPS) is 26.5. The predicted octanol–water partition coefficient (Wildman–Crippen LogP) is 2.67. The molecule has 1 fully saturated rings. The number of carbonyl (C=O) groups excluding carboxylic acids is 1. The second-order valence-electron chi connectivity index (χ2n) is 6.47. The van der Waals surface area contributed by atoms with E-state index >= 15 is 0 Å². The Labute approximate surface area is 130 Å². The number of fused-ring (bicyclic) bond motifs is 1. The van der Waals surface area contributed by atoms with E-state index in [1.807, 2.05) is 11.3 Å². The monoisotopic (exact) mass is 302 g/mol. The molecule has 4 rings (SSSR count). The molecule has 3 nitrogen and oxygen atoms in total. The first-order chi connectivity index (χ1) is 10.3. The summed E-state index contributed by atoms with van der Waals surface area (Å²) < 4.78 is 0. The molecule has 2 aliphatic heterocycles. The molecular weight excluding hydrogens is 280 g/mol. The highest BCUT2D eigenvalue weighted by molar-refractivity contribution is 7.10. The molecule has 0 radical (unpaired) electrons. The van der Waals surface area contributed by atoms with Crippen molar-refractivity contribution in [2.24, 2.45) is 5.92 Å². The highest BCUT2D eigenvalue weighted by Gasteiger charge is 2.38. The van der Waals surface area contributed by atoms with Gasteiger partial charge < -0.3 is 4.90 Å². The molecule has 0 saturated carbocycles. The maximum absolute atomic E-state index is 12.4. The smallest absolute Gasteiger partial charge is 0.226 e. The van der Waals surface area contributed by atoms with Crippen molar-refractivity contribution in [2.75, 3.05) is 19.6 Å². The topological polar surface area (TPSA) is 23.6 Å². The fourth-order valence-electron chi connectivity index (χ4n) is 3.72. The van der Waals surface area contributed by atoms with E-state index in [1.165, 1.54) is 12.0 Å². The Hall–Kier alpha value is -1.13. The van der Waals surface area contributed by atoms with Gasteiger partial charge >= 0.3 is 0 Å². The van der Waals surface area contributed by atoms with Crippen molar-refractivity contribution in [3.05, 3.63) is 34.0 Å². The van der Waals surface area contributed by atoms with E-state index < -0.39 is 0 Å². The molecular formula is C17H22N2OS. The Balaban J connectivity index is 1.31. The molecule has 112 valence electrons. The summed E-state index contributed by atoms with van der Waals surface area (Å²) in [7, 11) is 0. The predicted molar refractivity (Wildman–Crippen MR) is 85.3 cm³/mol. The van der Waals surface area contributed by atoms with Crippen molar-refractivity contribution in [1.29, 1.82) is 0 Å². The van der Waals surface area contributed by atoms with Gasteiger partial charge in [-0.2, -0.15) is 0 Å². The second-order valence-corrected chi connectivity index (χ2v) is 7.47. The van der Waals surface area contributed by atoms with Crippen LogP contribution in [0.1, 0.15) is 29.7 Å². The molecule has 1 aromatic rings. The van der Waals surface area contributed by atoms with Crippen LogP contribution < -0.4 is 0 Å². The van der Waals surface area contributed by atoms with Crippen LogP contribution in [-0.2, 0) is 17.8 Å². The van der Waals surface area contributed by atoms with E-state index in [9.17, 15) is 4.79 Å². The molecule has 0 spiro atoms. The van der Waals surface area contributed by atoms with Gasteiger partial charge in [0.15, 0.2) is 0 Å². The molecule has 3 heterocycles. The fourth-order valence-corrected chi connectivity index (χ4v) is 4.61. The number of hydrogen-bond acceptors (Lipinski definition) is 3. The SMILES string of the molecule is O=C(C1CC=CCC1)N1CC(N2CCc3sccc3C2)C1. The molecule has 1 unspecified atom stereocenters. The van der Waals surface area contributed by atoms with Gasteiger partial charge in [0.2, 0.25) is 5.91 Å². The molecule has 0 N–H and O–H groups in total. The summed E-state index contributed by atoms with van der Waals surface area (Å²) in [4.78, 5) is 18.7. The number of allylic oxidation sites excluding steroid dienone is 2. The molecule has 1 aliphatic carbocycles. The average molecular weight is 302 g/mol. The van der Waals surface area contributed by atoms with Gasteiger partial charge in [0, 0.05) is 43.0 Å². The van der Waals surface area contributed by atoms with Gasteiger partial charge in [0.25, 0.3) is 0 Å². The average Bonchev–Trinajstić information content (AvgIpc) is 2.94. The number of rotatable bonds is 2. The Bertz CT molecular complexity index is 559. The summed E-state index contributed by atoms with van der Waals surface area (Å²) in [5, 5.41) is 2.21. The highest BCUT2D eigenvalue weighted by Crippen LogP contribution is 2.29. The molecule has 1 saturated heterocycles. The summed E-state index contributed by atoms with van der Waals surface area (Å²) in [6, 6.07) is 2.85. The van der Waals surface area contributed by atoms with Crippen molar-refractivity contribution in [3.8, 4) is 0 Å². The van der Waals surface area contributed by atoms with Crippen molar-refractivity contribution < 1.29 is 4.79 Å². The van der Waals surface area contributed by atoms with Gasteiger partial charge in [-0.05, 0) is 42.7 Å². The third-order valence-corrected chi connectivity index (χ3v) is 6.17. The van der Waals surface area contributed by atoms with Gasteiger partial charge in [0.05, 0.1) is 0 Å². The number of thiophene rings is 1.